The molecule has 2 heterocycles. The van der Waals surface area contributed by atoms with E-state index in [2.05, 4.69) is 33.1 Å². The van der Waals surface area contributed by atoms with Crippen LogP contribution in [0.4, 0.5) is 5.69 Å². The highest BCUT2D eigenvalue weighted by Gasteiger charge is 2.19. The van der Waals surface area contributed by atoms with Crippen molar-refractivity contribution in [2.24, 2.45) is 0 Å². The summed E-state index contributed by atoms with van der Waals surface area (Å²) in [6.07, 6.45) is 2.20. The molecule has 0 spiro atoms. The number of hydrogen-bond donors (Lipinski definition) is 1. The van der Waals surface area contributed by atoms with Gasteiger partial charge in [-0.2, -0.15) is 0 Å². The summed E-state index contributed by atoms with van der Waals surface area (Å²) in [5, 5.41) is 0. The van der Waals surface area contributed by atoms with Crippen LogP contribution in [0.15, 0.2) is 42.5 Å². The molecule has 0 aliphatic carbocycles. The number of aryl methyl sites for hydroxylation is 2. The van der Waals surface area contributed by atoms with Gasteiger partial charge in [0.25, 0.3) is 0 Å². The molecule has 0 saturated heterocycles. The Kier molecular flexibility index (Phi) is 3.37. The van der Waals surface area contributed by atoms with Crippen molar-refractivity contribution >= 4 is 22.5 Å². The lowest BCUT2D eigenvalue weighted by Gasteiger charge is -2.30. The average molecular weight is 305 g/mol. The normalized spacial score (nSPS) is 14.0. The molecular weight excluding hydrogens is 286 g/mol. The quantitative estimate of drug-likeness (QED) is 0.753. The topological polar surface area (TPSA) is 49.0 Å². The van der Waals surface area contributed by atoms with Crippen molar-refractivity contribution < 1.29 is 4.79 Å². The third kappa shape index (κ3) is 2.61. The van der Waals surface area contributed by atoms with Crippen molar-refractivity contribution in [1.29, 1.82) is 0 Å². The van der Waals surface area contributed by atoms with Crippen LogP contribution in [0.25, 0.3) is 11.0 Å². The van der Waals surface area contributed by atoms with Gasteiger partial charge in [-0.1, -0.05) is 18.2 Å². The molecule has 4 rings (SSSR count). The Bertz CT molecular complexity index is 881. The summed E-state index contributed by atoms with van der Waals surface area (Å²) in [4.78, 5) is 22.5. The molecule has 0 radical (unpaired) electrons. The number of Topliss-reactive ketones (excluding diaryl/α,β-unsaturated/α-hetero) is 1. The number of benzene rings is 2. The van der Waals surface area contributed by atoms with E-state index >= 15 is 0 Å². The molecule has 2 aromatic carbocycles. The van der Waals surface area contributed by atoms with Crippen LogP contribution in [0, 0.1) is 6.92 Å². The summed E-state index contributed by atoms with van der Waals surface area (Å²) in [6.45, 7) is 3.29. The molecular formula is C19H19N3O. The Morgan fingerprint density at radius 1 is 1.26 bits per heavy atom. The molecule has 1 aliphatic rings. The number of nitrogens with zero attached hydrogens (tertiary/aromatic N) is 2. The summed E-state index contributed by atoms with van der Waals surface area (Å²) in [5.41, 5.74) is 5.11. The van der Waals surface area contributed by atoms with Gasteiger partial charge in [0.05, 0.1) is 17.6 Å². The molecule has 1 aliphatic heterocycles. The number of carbonyl (C=O) groups excluding carboxylic acids is 1. The molecule has 0 unspecified atom stereocenters. The van der Waals surface area contributed by atoms with E-state index in [1.807, 2.05) is 31.2 Å². The first-order valence-electron chi connectivity index (χ1n) is 8.03. The summed E-state index contributed by atoms with van der Waals surface area (Å²) < 4.78 is 0. The number of aromatic amines is 1. The third-order valence-electron chi connectivity index (χ3n) is 4.46. The number of anilines is 1. The lowest BCUT2D eigenvalue weighted by Crippen LogP contribution is -2.34. The molecule has 0 fully saturated rings. The molecule has 4 heteroatoms. The highest BCUT2D eigenvalue weighted by Crippen LogP contribution is 2.26. The molecule has 1 N–H and O–H groups in total. The summed E-state index contributed by atoms with van der Waals surface area (Å²) >= 11 is 0. The van der Waals surface area contributed by atoms with Crippen LogP contribution in [0.5, 0.6) is 0 Å². The number of H-pyrrole nitrogens is 1. The van der Waals surface area contributed by atoms with Crippen LogP contribution in [0.1, 0.15) is 28.2 Å². The number of carbonyl (C=O) groups is 1. The number of para-hydroxylation sites is 1. The standard InChI is InChI=1S/C19H19N3O/c1-13-20-16-9-8-15(11-17(16)21-13)19(23)12-22-10-4-6-14-5-2-3-7-18(14)22/h2-3,5,7-9,11H,4,6,10,12H2,1H3,(H,20,21). The number of ketones is 1. The first-order chi connectivity index (χ1) is 11.2. The van der Waals surface area contributed by atoms with Crippen LogP contribution in [0.2, 0.25) is 0 Å². The van der Waals surface area contributed by atoms with Crippen LogP contribution in [0.3, 0.4) is 0 Å². The zero-order valence-electron chi connectivity index (χ0n) is 13.2. The number of hydrogen-bond acceptors (Lipinski definition) is 3. The molecule has 4 nitrogen and oxygen atoms in total. The number of rotatable bonds is 3. The fraction of sp³-hybridized carbons (Fsp3) is 0.263. The van der Waals surface area contributed by atoms with E-state index < -0.39 is 0 Å². The van der Waals surface area contributed by atoms with Crippen LogP contribution >= 0.6 is 0 Å². The molecule has 0 atom stereocenters. The fourth-order valence-corrected chi connectivity index (χ4v) is 3.35. The van der Waals surface area contributed by atoms with Gasteiger partial charge >= 0.3 is 0 Å². The number of imidazole rings is 1. The maximum atomic E-state index is 12.7. The summed E-state index contributed by atoms with van der Waals surface area (Å²) in [6, 6.07) is 14.1. The van der Waals surface area contributed by atoms with Crippen molar-refractivity contribution in [1.82, 2.24) is 9.97 Å². The van der Waals surface area contributed by atoms with E-state index in [4.69, 9.17) is 0 Å². The predicted octanol–water partition coefficient (Wildman–Crippen LogP) is 3.51. The van der Waals surface area contributed by atoms with Crippen molar-refractivity contribution in [3.05, 3.63) is 59.4 Å². The number of aromatic nitrogens is 2. The first-order valence-corrected chi connectivity index (χ1v) is 8.03. The van der Waals surface area contributed by atoms with E-state index in [0.29, 0.717) is 6.54 Å². The van der Waals surface area contributed by atoms with E-state index in [1.165, 1.54) is 11.3 Å². The Morgan fingerprint density at radius 3 is 3.04 bits per heavy atom. The SMILES string of the molecule is Cc1nc2ccc(C(=O)CN3CCCc4ccccc43)cc2[nH]1. The van der Waals surface area contributed by atoms with Gasteiger partial charge in [-0.05, 0) is 49.6 Å². The number of nitrogens with one attached hydrogen (secondary N) is 1. The number of fused-ring (bicyclic) bond motifs is 2. The first kappa shape index (κ1) is 14.0. The van der Waals surface area contributed by atoms with Crippen LogP contribution < -0.4 is 4.90 Å². The Balaban J connectivity index is 1.60. The summed E-state index contributed by atoms with van der Waals surface area (Å²) in [5.74, 6) is 1.02. The second-order valence-electron chi connectivity index (χ2n) is 6.13. The highest BCUT2D eigenvalue weighted by molar-refractivity contribution is 6.01. The van der Waals surface area contributed by atoms with Crippen LogP contribution in [-0.2, 0) is 6.42 Å². The van der Waals surface area contributed by atoms with Gasteiger partial charge in [-0.25, -0.2) is 4.98 Å². The third-order valence-corrected chi connectivity index (χ3v) is 4.46. The van der Waals surface area contributed by atoms with E-state index in [0.717, 1.165) is 41.8 Å². The van der Waals surface area contributed by atoms with Crippen molar-refractivity contribution in [3.8, 4) is 0 Å². The van der Waals surface area contributed by atoms with Gasteiger partial charge in [0.1, 0.15) is 5.82 Å². The monoisotopic (exact) mass is 305 g/mol. The lowest BCUT2D eigenvalue weighted by atomic mass is 10.0. The van der Waals surface area contributed by atoms with E-state index in [1.54, 1.807) is 0 Å². The molecule has 23 heavy (non-hydrogen) atoms. The molecule has 0 amide bonds. The van der Waals surface area contributed by atoms with Gasteiger partial charge < -0.3 is 9.88 Å². The minimum Gasteiger partial charge on any atom is -0.364 e. The van der Waals surface area contributed by atoms with Gasteiger partial charge in [0.15, 0.2) is 5.78 Å². The largest absolute Gasteiger partial charge is 0.364 e. The van der Waals surface area contributed by atoms with Crippen molar-refractivity contribution in [2.75, 3.05) is 18.0 Å². The second-order valence-corrected chi connectivity index (χ2v) is 6.13. The maximum Gasteiger partial charge on any atom is 0.182 e. The molecule has 116 valence electrons. The van der Waals surface area contributed by atoms with Crippen LogP contribution in [-0.4, -0.2) is 28.8 Å². The Hall–Kier alpha value is -2.62. The minimum atomic E-state index is 0.149. The van der Waals surface area contributed by atoms with Gasteiger partial charge in [0, 0.05) is 17.8 Å². The fourth-order valence-electron chi connectivity index (χ4n) is 3.35. The average Bonchev–Trinajstić information content (AvgIpc) is 2.94. The molecule has 1 aromatic heterocycles. The van der Waals surface area contributed by atoms with Crippen molar-refractivity contribution in [3.63, 3.8) is 0 Å². The van der Waals surface area contributed by atoms with Gasteiger partial charge in [-0.15, -0.1) is 0 Å². The van der Waals surface area contributed by atoms with E-state index in [9.17, 15) is 4.79 Å². The minimum absolute atomic E-state index is 0.149. The zero-order chi connectivity index (χ0) is 15.8. The Morgan fingerprint density at radius 2 is 2.13 bits per heavy atom. The second kappa shape index (κ2) is 5.54. The maximum absolute atomic E-state index is 12.7. The zero-order valence-corrected chi connectivity index (χ0v) is 13.2. The molecule has 0 saturated carbocycles. The molecule has 0 bridgehead atoms. The van der Waals surface area contributed by atoms with Gasteiger partial charge in [0.2, 0.25) is 0 Å². The summed E-state index contributed by atoms with van der Waals surface area (Å²) in [7, 11) is 0. The van der Waals surface area contributed by atoms with E-state index in [-0.39, 0.29) is 5.78 Å². The van der Waals surface area contributed by atoms with Crippen molar-refractivity contribution in [2.45, 2.75) is 19.8 Å². The highest BCUT2D eigenvalue weighted by atomic mass is 16.1. The smallest absolute Gasteiger partial charge is 0.182 e. The molecule has 3 aromatic rings. The predicted molar refractivity (Wildman–Crippen MR) is 92.1 cm³/mol. The van der Waals surface area contributed by atoms with Gasteiger partial charge in [-0.3, -0.25) is 4.79 Å². The lowest BCUT2D eigenvalue weighted by molar-refractivity contribution is 0.0998. The Labute approximate surface area is 135 Å².